The summed E-state index contributed by atoms with van der Waals surface area (Å²) in [5.41, 5.74) is 8.47. The van der Waals surface area contributed by atoms with Crippen molar-refractivity contribution in [2.45, 2.75) is 107 Å². The molecular formula is C50H64N10O10S2. The van der Waals surface area contributed by atoms with Gasteiger partial charge < -0.3 is 58.4 Å². The predicted octanol–water partition coefficient (Wildman–Crippen LogP) is 0.207. The fourth-order valence-corrected chi connectivity index (χ4v) is 8.58. The number of carbonyl (C=O) groups excluding carboxylic acids is 8. The van der Waals surface area contributed by atoms with Gasteiger partial charge in [0.25, 0.3) is 0 Å². The van der Waals surface area contributed by atoms with Crippen LogP contribution in [0.15, 0.2) is 91.1 Å². The van der Waals surface area contributed by atoms with E-state index in [0.717, 1.165) is 10.9 Å². The van der Waals surface area contributed by atoms with E-state index in [9.17, 15) is 48.3 Å². The van der Waals surface area contributed by atoms with Crippen molar-refractivity contribution in [3.63, 3.8) is 0 Å². The van der Waals surface area contributed by atoms with Crippen LogP contribution in [-0.2, 0) is 62.4 Å². The van der Waals surface area contributed by atoms with E-state index in [1.165, 1.54) is 0 Å². The lowest BCUT2D eigenvalue weighted by Gasteiger charge is -2.29. The Kier molecular flexibility index (Phi) is 21.5. The molecule has 1 aliphatic rings. The molecule has 5 rings (SSSR count). The fourth-order valence-electron chi connectivity index (χ4n) is 8.07. The van der Waals surface area contributed by atoms with Crippen molar-refractivity contribution in [2.75, 3.05) is 18.1 Å². The second-order valence-corrected chi connectivity index (χ2v) is 18.6. The number of benzene rings is 3. The van der Waals surface area contributed by atoms with Crippen LogP contribution in [0.4, 0.5) is 0 Å². The summed E-state index contributed by atoms with van der Waals surface area (Å²) in [6, 6.07) is 13.3. The number of amides is 8. The first-order chi connectivity index (χ1) is 34.5. The number of carboxylic acids is 1. The number of rotatable bonds is 15. The number of fused-ring (bicyclic) bond motifs is 1. The Morgan fingerprint density at radius 3 is 1.44 bits per heavy atom. The molecule has 8 amide bonds. The Bertz CT molecular complexity index is 2530. The maximum Gasteiger partial charge on any atom is 0.305 e. The van der Waals surface area contributed by atoms with Gasteiger partial charge in [0.05, 0.1) is 6.42 Å². The zero-order valence-electron chi connectivity index (χ0n) is 40.0. The number of nitrogens with two attached hydrogens (primary N) is 1. The van der Waals surface area contributed by atoms with Crippen LogP contribution < -0.4 is 48.3 Å². The first-order valence-electron chi connectivity index (χ1n) is 23.7. The molecular weight excluding hydrogens is 965 g/mol. The number of aromatic amines is 1. The normalized spacial score (nSPS) is 23.6. The maximum absolute atomic E-state index is 14.8. The number of thiol groups is 2. The molecule has 0 bridgehead atoms. The second kappa shape index (κ2) is 27.6. The molecule has 12 N–H and O–H groups in total. The molecule has 1 fully saturated rings. The van der Waals surface area contributed by atoms with E-state index in [1.54, 1.807) is 80.7 Å². The lowest BCUT2D eigenvalue weighted by molar-refractivity contribution is -0.141. The number of aliphatic carboxylic acids is 1. The number of carboxylic acid groups (broad SMARTS) is 1. The summed E-state index contributed by atoms with van der Waals surface area (Å²) in [5.74, 6) is -9.72. The number of hydrogen-bond acceptors (Lipinski definition) is 12. The van der Waals surface area contributed by atoms with Crippen molar-refractivity contribution in [2.24, 2.45) is 11.7 Å². The average Bonchev–Trinajstić information content (AvgIpc) is 3.77. The molecule has 22 heteroatoms. The zero-order chi connectivity index (χ0) is 52.3. The van der Waals surface area contributed by atoms with Crippen LogP contribution in [0, 0.1) is 5.92 Å². The molecule has 0 radical (unpaired) electrons. The Morgan fingerprint density at radius 1 is 0.528 bits per heavy atom. The Balaban J connectivity index is 1.60. The number of unbranched alkanes of at least 4 members (excludes halogenated alkanes) is 1. The lowest BCUT2D eigenvalue weighted by Crippen LogP contribution is -2.62. The summed E-state index contributed by atoms with van der Waals surface area (Å²) >= 11 is 8.58. The van der Waals surface area contributed by atoms with E-state index in [-0.39, 0.29) is 43.7 Å². The van der Waals surface area contributed by atoms with Gasteiger partial charge in [0.1, 0.15) is 48.3 Å². The van der Waals surface area contributed by atoms with Crippen molar-refractivity contribution in [1.82, 2.24) is 47.5 Å². The van der Waals surface area contributed by atoms with Gasteiger partial charge in [-0.2, -0.15) is 25.3 Å². The third kappa shape index (κ3) is 16.3. The molecule has 0 saturated carbocycles. The van der Waals surface area contributed by atoms with E-state index in [0.29, 0.717) is 29.5 Å². The molecule has 0 aliphatic carbocycles. The zero-order valence-corrected chi connectivity index (χ0v) is 41.8. The number of aromatic nitrogens is 1. The second-order valence-electron chi connectivity index (χ2n) is 17.8. The van der Waals surface area contributed by atoms with Gasteiger partial charge in [-0.1, -0.05) is 92.7 Å². The minimum atomic E-state index is -1.78. The van der Waals surface area contributed by atoms with Crippen LogP contribution in [0.3, 0.4) is 0 Å². The molecule has 1 aromatic heterocycles. The minimum Gasteiger partial charge on any atom is -0.481 e. The highest BCUT2D eigenvalue weighted by Gasteiger charge is 2.37. The molecule has 72 heavy (non-hydrogen) atoms. The average molecular weight is 1030 g/mol. The highest BCUT2D eigenvalue weighted by atomic mass is 32.1. The number of hydrogen-bond donors (Lipinski definition) is 13. The molecule has 20 nitrogen and oxygen atoms in total. The number of H-pyrrole nitrogens is 1. The van der Waals surface area contributed by atoms with Gasteiger partial charge in [-0.05, 0) is 54.5 Å². The molecule has 1 saturated heterocycles. The lowest BCUT2D eigenvalue weighted by atomic mass is 10.0. The summed E-state index contributed by atoms with van der Waals surface area (Å²) < 4.78 is 0. The summed E-state index contributed by atoms with van der Waals surface area (Å²) in [4.78, 5) is 129. The van der Waals surface area contributed by atoms with Gasteiger partial charge in [0.2, 0.25) is 47.3 Å². The number of para-hydroxylation sites is 1. The highest BCUT2D eigenvalue weighted by molar-refractivity contribution is 7.80. The van der Waals surface area contributed by atoms with Gasteiger partial charge in [-0.25, -0.2) is 0 Å². The van der Waals surface area contributed by atoms with Gasteiger partial charge in [0.15, 0.2) is 0 Å². The standard InChI is InChI=1S/C50H64N10O10S2/c1-28(2)42-50(70)57-38(24-41(61)62)47(67)58-39(26-71)48(68)55-35(21-29-13-5-3-6-14-29)44(64)56-37(23-31-25-52-33-18-10-9-17-32(31)33)46(66)53-34(19-11-12-20-51)43(63)54-36(22-30-15-7-4-8-16-30)45(65)59-40(27-72)49(69)60-42/h3-10,13-18,25,28,34-40,42,52,71-72H,11-12,19-24,26-27,51H2,1-2H3,(H,53,66)(H,54,63)(H,55,68)(H,56,64)(H,57,70)(H,58,67)(H,59,65)(H,60,69)(H,61,62)/t34-,35-,36-,37-,38-,39-,40-,42-/m0/s1. The van der Waals surface area contributed by atoms with Crippen molar-refractivity contribution in [3.8, 4) is 0 Å². The monoisotopic (exact) mass is 1030 g/mol. The van der Waals surface area contributed by atoms with Crippen molar-refractivity contribution in [3.05, 3.63) is 108 Å². The van der Waals surface area contributed by atoms with Crippen LogP contribution in [0.2, 0.25) is 0 Å². The molecule has 2 heterocycles. The summed E-state index contributed by atoms with van der Waals surface area (Å²) in [5, 5.41) is 31.6. The highest BCUT2D eigenvalue weighted by Crippen LogP contribution is 2.20. The van der Waals surface area contributed by atoms with Gasteiger partial charge >= 0.3 is 5.97 Å². The van der Waals surface area contributed by atoms with E-state index in [1.807, 2.05) is 24.3 Å². The smallest absolute Gasteiger partial charge is 0.305 e. The maximum atomic E-state index is 14.8. The Hall–Kier alpha value is -6.91. The molecule has 4 aromatic rings. The SMILES string of the molecule is CC(C)[C@@H]1NC(=O)[C@H](CS)NC(=O)[C@H](Cc2ccccc2)NC(=O)[C@H](CCCCN)NC(=O)[C@H](Cc2c[nH]c3ccccc23)NC(=O)[C@H](Cc2ccccc2)NC(=O)[C@H](CS)NC(=O)[C@H](CC(=O)O)NC1=O. The molecule has 0 spiro atoms. The minimum absolute atomic E-state index is 0.0608. The Labute approximate surface area is 428 Å². The first-order valence-corrected chi connectivity index (χ1v) is 25.0. The van der Waals surface area contributed by atoms with Crippen molar-refractivity contribution >= 4 is 89.4 Å². The molecule has 386 valence electrons. The van der Waals surface area contributed by atoms with E-state index < -0.39 is 114 Å². The van der Waals surface area contributed by atoms with Crippen LogP contribution in [0.1, 0.15) is 56.2 Å². The van der Waals surface area contributed by atoms with Gasteiger partial charge in [-0.3, -0.25) is 43.2 Å². The predicted molar refractivity (Wildman–Crippen MR) is 275 cm³/mol. The van der Waals surface area contributed by atoms with Crippen LogP contribution in [-0.4, -0.2) is 130 Å². The number of nitrogens with one attached hydrogen (secondary N) is 9. The summed E-state index contributed by atoms with van der Waals surface area (Å²) in [7, 11) is 0. The Morgan fingerprint density at radius 2 is 0.944 bits per heavy atom. The molecule has 1 aliphatic heterocycles. The van der Waals surface area contributed by atoms with E-state index in [2.05, 4.69) is 72.8 Å². The largest absolute Gasteiger partial charge is 0.481 e. The third-order valence-corrected chi connectivity index (χ3v) is 12.8. The van der Waals surface area contributed by atoms with Crippen molar-refractivity contribution < 1.29 is 48.3 Å². The number of carbonyl (C=O) groups is 9. The van der Waals surface area contributed by atoms with Gasteiger partial charge in [0, 0.05) is 47.9 Å². The van der Waals surface area contributed by atoms with E-state index >= 15 is 0 Å². The topological polar surface area (TPSA) is 312 Å². The fraction of sp³-hybridized carbons (Fsp3) is 0.420. The van der Waals surface area contributed by atoms with E-state index in [4.69, 9.17) is 5.73 Å². The molecule has 3 aromatic carbocycles. The van der Waals surface area contributed by atoms with Crippen molar-refractivity contribution in [1.29, 1.82) is 0 Å². The first kappa shape index (κ1) is 56.0. The molecule has 0 unspecified atom stereocenters. The molecule has 8 atom stereocenters. The summed E-state index contributed by atoms with van der Waals surface area (Å²) in [6.45, 7) is 3.45. The van der Waals surface area contributed by atoms with Crippen LogP contribution in [0.5, 0.6) is 0 Å². The van der Waals surface area contributed by atoms with Crippen LogP contribution in [0.25, 0.3) is 10.9 Å². The van der Waals surface area contributed by atoms with Crippen LogP contribution >= 0.6 is 25.3 Å². The van der Waals surface area contributed by atoms with Gasteiger partial charge in [-0.15, -0.1) is 0 Å². The summed E-state index contributed by atoms with van der Waals surface area (Å²) in [6.07, 6.45) is 1.42. The quantitative estimate of drug-likeness (QED) is 0.0564. The third-order valence-electron chi connectivity index (χ3n) is 12.0.